The molecule has 0 fully saturated rings. The van der Waals surface area contributed by atoms with Gasteiger partial charge in [-0.2, -0.15) is 0 Å². The highest BCUT2D eigenvalue weighted by molar-refractivity contribution is 5.71. The maximum Gasteiger partial charge on any atom is 0.344 e. The molecule has 1 aliphatic rings. The molecule has 3 aromatic rings. The fourth-order valence-corrected chi connectivity index (χ4v) is 4.23. The summed E-state index contributed by atoms with van der Waals surface area (Å²) in [5, 5.41) is 0. The molecule has 1 unspecified atom stereocenters. The van der Waals surface area contributed by atoms with E-state index in [1.54, 1.807) is 12.1 Å². The third-order valence-corrected chi connectivity index (χ3v) is 5.61. The number of esters is 1. The van der Waals surface area contributed by atoms with Gasteiger partial charge in [-0.1, -0.05) is 42.5 Å². The van der Waals surface area contributed by atoms with Crippen molar-refractivity contribution in [1.82, 2.24) is 0 Å². The van der Waals surface area contributed by atoms with E-state index in [0.717, 1.165) is 30.4 Å². The minimum atomic E-state index is -0.366. The summed E-state index contributed by atoms with van der Waals surface area (Å²) in [7, 11) is 0. The van der Waals surface area contributed by atoms with Crippen LogP contribution in [-0.4, -0.2) is 18.7 Å². The number of benzene rings is 3. The molecule has 0 saturated carbocycles. The Kier molecular flexibility index (Phi) is 6.36. The Bertz CT molecular complexity index is 1070. The van der Waals surface area contributed by atoms with Gasteiger partial charge in [0.1, 0.15) is 11.6 Å². The average Bonchev–Trinajstić information content (AvgIpc) is 3.14. The van der Waals surface area contributed by atoms with Crippen LogP contribution in [-0.2, 0) is 22.4 Å². The van der Waals surface area contributed by atoms with Gasteiger partial charge in [0.2, 0.25) is 0 Å². The van der Waals surface area contributed by atoms with E-state index < -0.39 is 0 Å². The van der Waals surface area contributed by atoms with Gasteiger partial charge in [-0.3, -0.25) is 0 Å². The van der Waals surface area contributed by atoms with Crippen LogP contribution in [0.1, 0.15) is 42.9 Å². The van der Waals surface area contributed by atoms with Gasteiger partial charge in [-0.15, -0.1) is 0 Å². The minimum absolute atomic E-state index is 0.0924. The first kappa shape index (κ1) is 21.1. The van der Waals surface area contributed by atoms with Gasteiger partial charge in [-0.25, -0.2) is 9.18 Å². The van der Waals surface area contributed by atoms with Crippen LogP contribution in [0.4, 0.5) is 4.39 Å². The van der Waals surface area contributed by atoms with Gasteiger partial charge in [0, 0.05) is 0 Å². The second-order valence-corrected chi connectivity index (χ2v) is 8.34. The summed E-state index contributed by atoms with van der Waals surface area (Å²) in [5.41, 5.74) is 5.83. The monoisotopic (exact) mass is 418 g/mol. The first-order chi connectivity index (χ1) is 15.0. The molecule has 0 aliphatic heterocycles. The second kappa shape index (κ2) is 9.34. The van der Waals surface area contributed by atoms with E-state index in [0.29, 0.717) is 11.7 Å². The van der Waals surface area contributed by atoms with Crippen molar-refractivity contribution in [2.45, 2.75) is 45.1 Å². The van der Waals surface area contributed by atoms with E-state index >= 15 is 0 Å². The molecule has 0 saturated heterocycles. The van der Waals surface area contributed by atoms with Gasteiger partial charge >= 0.3 is 5.97 Å². The number of rotatable bonds is 7. The Morgan fingerprint density at radius 3 is 2.65 bits per heavy atom. The lowest BCUT2D eigenvalue weighted by Gasteiger charge is -2.15. The maximum atomic E-state index is 13.7. The smallest absolute Gasteiger partial charge is 0.344 e. The van der Waals surface area contributed by atoms with Crippen LogP contribution in [0.25, 0.3) is 11.1 Å². The van der Waals surface area contributed by atoms with Crippen LogP contribution in [0.5, 0.6) is 5.75 Å². The molecule has 0 amide bonds. The highest BCUT2D eigenvalue weighted by Gasteiger charge is 2.23. The summed E-state index contributed by atoms with van der Waals surface area (Å²) in [6.07, 6.45) is 2.89. The number of carbonyl (C=O) groups excluding carboxylic acids is 1. The van der Waals surface area contributed by atoms with Crippen LogP contribution >= 0.6 is 0 Å². The zero-order valence-electron chi connectivity index (χ0n) is 17.9. The fraction of sp³-hybridized carbons (Fsp3) is 0.296. The van der Waals surface area contributed by atoms with Crippen molar-refractivity contribution in [2.24, 2.45) is 0 Å². The Morgan fingerprint density at radius 1 is 1.03 bits per heavy atom. The van der Waals surface area contributed by atoms with Crippen LogP contribution in [0.15, 0.2) is 66.7 Å². The molecule has 3 nitrogen and oxygen atoms in total. The second-order valence-electron chi connectivity index (χ2n) is 8.34. The minimum Gasteiger partial charge on any atom is -0.482 e. The van der Waals surface area contributed by atoms with Crippen molar-refractivity contribution in [3.05, 3.63) is 89.2 Å². The lowest BCUT2D eigenvalue weighted by atomic mass is 9.91. The standard InChI is InChI=1S/C27H27FO3/c1-18(2)31-27(29)17-30-25-8-3-5-19(14-25)13-23-12-10-20-9-11-22(16-26(20)23)21-6-4-7-24(28)15-21/h3-9,11,14-16,18,23H,10,12-13,17H2,1-2H3. The van der Waals surface area contributed by atoms with Crippen molar-refractivity contribution in [3.63, 3.8) is 0 Å². The van der Waals surface area contributed by atoms with Gasteiger partial charge in [0.05, 0.1) is 6.10 Å². The predicted molar refractivity (Wildman–Crippen MR) is 120 cm³/mol. The number of halogens is 1. The average molecular weight is 419 g/mol. The lowest BCUT2D eigenvalue weighted by molar-refractivity contribution is -0.149. The topological polar surface area (TPSA) is 35.5 Å². The van der Waals surface area contributed by atoms with Crippen molar-refractivity contribution in [2.75, 3.05) is 6.61 Å². The van der Waals surface area contributed by atoms with Crippen LogP contribution < -0.4 is 4.74 Å². The number of carbonyl (C=O) groups is 1. The molecule has 3 aromatic carbocycles. The van der Waals surface area contributed by atoms with Crippen molar-refractivity contribution in [1.29, 1.82) is 0 Å². The Labute approximate surface area is 182 Å². The molecule has 1 atom stereocenters. The molecule has 0 N–H and O–H groups in total. The Balaban J connectivity index is 1.47. The molecule has 0 bridgehead atoms. The largest absolute Gasteiger partial charge is 0.482 e. The van der Waals surface area contributed by atoms with Crippen LogP contribution in [0, 0.1) is 5.82 Å². The molecular weight excluding hydrogens is 391 g/mol. The Hall–Kier alpha value is -3.14. The summed E-state index contributed by atoms with van der Waals surface area (Å²) < 4.78 is 24.4. The third-order valence-electron chi connectivity index (χ3n) is 5.61. The number of hydrogen-bond acceptors (Lipinski definition) is 3. The number of ether oxygens (including phenoxy) is 2. The summed E-state index contributed by atoms with van der Waals surface area (Å²) in [4.78, 5) is 11.7. The summed E-state index contributed by atoms with van der Waals surface area (Å²) in [5.74, 6) is 0.494. The number of aryl methyl sites for hydroxylation is 1. The quantitative estimate of drug-likeness (QED) is 0.435. The molecule has 0 radical (unpaired) electrons. The molecule has 0 heterocycles. The SMILES string of the molecule is CC(C)OC(=O)COc1cccc(CC2CCc3ccc(-c4cccc(F)c4)cc32)c1. The van der Waals surface area contributed by atoms with Crippen molar-refractivity contribution >= 4 is 5.97 Å². The summed E-state index contributed by atoms with van der Waals surface area (Å²) >= 11 is 0. The third kappa shape index (κ3) is 5.32. The first-order valence-electron chi connectivity index (χ1n) is 10.8. The molecule has 4 rings (SSSR count). The first-order valence-corrected chi connectivity index (χ1v) is 10.8. The zero-order chi connectivity index (χ0) is 21.8. The van der Waals surface area contributed by atoms with E-state index in [4.69, 9.17) is 9.47 Å². The summed E-state index contributed by atoms with van der Waals surface area (Å²) in [6, 6.07) is 21.1. The van der Waals surface area contributed by atoms with Gasteiger partial charge in [0.25, 0.3) is 0 Å². The van der Waals surface area contributed by atoms with Crippen LogP contribution in [0.3, 0.4) is 0 Å². The molecule has 0 spiro atoms. The van der Waals surface area contributed by atoms with Gasteiger partial charge in [0.15, 0.2) is 6.61 Å². The van der Waals surface area contributed by atoms with E-state index in [1.807, 2.05) is 38.1 Å². The Morgan fingerprint density at radius 2 is 1.84 bits per heavy atom. The highest BCUT2D eigenvalue weighted by atomic mass is 19.1. The number of fused-ring (bicyclic) bond motifs is 1. The predicted octanol–water partition coefficient (Wildman–Crippen LogP) is 6.10. The number of hydrogen-bond donors (Lipinski definition) is 0. The van der Waals surface area contributed by atoms with Crippen molar-refractivity contribution < 1.29 is 18.7 Å². The molecule has 4 heteroatoms. The molecular formula is C27H27FO3. The fourth-order valence-electron chi connectivity index (χ4n) is 4.23. The normalized spacial score (nSPS) is 15.0. The zero-order valence-corrected chi connectivity index (χ0v) is 17.9. The molecule has 1 aliphatic carbocycles. The van der Waals surface area contributed by atoms with E-state index in [1.165, 1.54) is 22.8 Å². The van der Waals surface area contributed by atoms with E-state index in [-0.39, 0.29) is 24.5 Å². The lowest BCUT2D eigenvalue weighted by Crippen LogP contribution is -2.18. The van der Waals surface area contributed by atoms with Gasteiger partial charge < -0.3 is 9.47 Å². The molecule has 0 aromatic heterocycles. The van der Waals surface area contributed by atoms with E-state index in [9.17, 15) is 9.18 Å². The van der Waals surface area contributed by atoms with E-state index in [2.05, 4.69) is 24.3 Å². The van der Waals surface area contributed by atoms with Crippen molar-refractivity contribution in [3.8, 4) is 16.9 Å². The maximum absolute atomic E-state index is 13.7. The molecule has 160 valence electrons. The van der Waals surface area contributed by atoms with Gasteiger partial charge in [-0.05, 0) is 91.1 Å². The van der Waals surface area contributed by atoms with Crippen LogP contribution in [0.2, 0.25) is 0 Å². The highest BCUT2D eigenvalue weighted by Crippen LogP contribution is 2.38. The summed E-state index contributed by atoms with van der Waals surface area (Å²) in [6.45, 7) is 3.54. The molecule has 31 heavy (non-hydrogen) atoms.